The molecule has 0 aromatic heterocycles. The Bertz CT molecular complexity index is 384. The van der Waals surface area contributed by atoms with E-state index < -0.39 is 6.36 Å². The Morgan fingerprint density at radius 1 is 1.40 bits per heavy atom. The molecule has 1 aromatic rings. The quantitative estimate of drug-likeness (QED) is 0.563. The van der Waals surface area contributed by atoms with Crippen LogP contribution in [0.5, 0.6) is 5.75 Å². The molecule has 0 bridgehead atoms. The highest BCUT2D eigenvalue weighted by Crippen LogP contribution is 2.25. The number of nitrogens with zero attached hydrogens (tertiary/aromatic N) is 2. The number of benzene rings is 1. The summed E-state index contributed by atoms with van der Waals surface area (Å²) in [5.41, 5.74) is 0.333. The molecule has 0 aliphatic rings. The van der Waals surface area contributed by atoms with E-state index in [4.69, 9.17) is 5.26 Å². The van der Waals surface area contributed by atoms with Crippen molar-refractivity contribution in [2.75, 3.05) is 11.9 Å². The van der Waals surface area contributed by atoms with E-state index in [1.54, 1.807) is 6.19 Å². The molecule has 15 heavy (non-hydrogen) atoms. The van der Waals surface area contributed by atoms with Gasteiger partial charge in [0.25, 0.3) is 0 Å². The molecule has 6 heteroatoms. The van der Waals surface area contributed by atoms with Crippen molar-refractivity contribution in [3.05, 3.63) is 24.3 Å². The van der Waals surface area contributed by atoms with Gasteiger partial charge in [-0.05, 0) is 12.1 Å². The van der Waals surface area contributed by atoms with Gasteiger partial charge in [0, 0.05) is 13.1 Å². The first-order valence-corrected chi connectivity index (χ1v) is 3.91. The normalized spacial score (nSPS) is 10.6. The molecule has 80 valence electrons. The van der Waals surface area contributed by atoms with Gasteiger partial charge in [-0.1, -0.05) is 6.07 Å². The zero-order chi connectivity index (χ0) is 11.5. The summed E-state index contributed by atoms with van der Waals surface area (Å²) in [5.74, 6) is -0.345. The lowest BCUT2D eigenvalue weighted by Crippen LogP contribution is -2.17. The standard InChI is InChI=1S/C9H7F3N2O/c1-14(6-13)7-3-2-4-8(5-7)15-9(10,11)12/h2-5H,1H3. The summed E-state index contributed by atoms with van der Waals surface area (Å²) in [6, 6.07) is 5.19. The zero-order valence-electron chi connectivity index (χ0n) is 7.75. The molecule has 0 aliphatic heterocycles. The van der Waals surface area contributed by atoms with Crippen molar-refractivity contribution in [3.8, 4) is 11.9 Å². The predicted octanol–water partition coefficient (Wildman–Crippen LogP) is 2.50. The third-order valence-corrected chi connectivity index (χ3v) is 1.59. The number of nitriles is 1. The van der Waals surface area contributed by atoms with Crippen molar-refractivity contribution >= 4 is 5.69 Å². The third-order valence-electron chi connectivity index (χ3n) is 1.59. The Balaban J connectivity index is 2.89. The van der Waals surface area contributed by atoms with E-state index in [0.717, 1.165) is 11.0 Å². The molecule has 0 radical (unpaired) electrons. The Labute approximate surface area is 84.3 Å². The van der Waals surface area contributed by atoms with Crippen molar-refractivity contribution in [2.45, 2.75) is 6.36 Å². The summed E-state index contributed by atoms with van der Waals surface area (Å²) >= 11 is 0. The van der Waals surface area contributed by atoms with Crippen LogP contribution in [0.1, 0.15) is 0 Å². The lowest BCUT2D eigenvalue weighted by molar-refractivity contribution is -0.274. The monoisotopic (exact) mass is 216 g/mol. The Morgan fingerprint density at radius 3 is 2.60 bits per heavy atom. The first kappa shape index (κ1) is 11.2. The summed E-state index contributed by atoms with van der Waals surface area (Å²) in [7, 11) is 1.44. The maximum atomic E-state index is 11.9. The van der Waals surface area contributed by atoms with Gasteiger partial charge in [0.05, 0.1) is 5.69 Å². The van der Waals surface area contributed by atoms with Crippen molar-refractivity contribution in [1.29, 1.82) is 5.26 Å². The zero-order valence-corrected chi connectivity index (χ0v) is 7.75. The molecule has 0 spiro atoms. The Kier molecular flexibility index (Phi) is 3.04. The van der Waals surface area contributed by atoms with Crippen LogP contribution in [0.2, 0.25) is 0 Å². The van der Waals surface area contributed by atoms with Crippen LogP contribution in [0.3, 0.4) is 0 Å². The largest absolute Gasteiger partial charge is 0.573 e. The minimum Gasteiger partial charge on any atom is -0.406 e. The molecule has 0 saturated heterocycles. The maximum Gasteiger partial charge on any atom is 0.573 e. The van der Waals surface area contributed by atoms with Gasteiger partial charge in [0.15, 0.2) is 6.19 Å². The molecule has 0 saturated carbocycles. The van der Waals surface area contributed by atoms with Gasteiger partial charge in [-0.3, -0.25) is 4.90 Å². The van der Waals surface area contributed by atoms with Crippen molar-refractivity contribution in [1.82, 2.24) is 0 Å². The van der Waals surface area contributed by atoms with Crippen LogP contribution in [0.25, 0.3) is 0 Å². The second-order valence-corrected chi connectivity index (χ2v) is 2.70. The van der Waals surface area contributed by atoms with Gasteiger partial charge >= 0.3 is 6.36 Å². The average molecular weight is 216 g/mol. The topological polar surface area (TPSA) is 36.3 Å². The molecule has 3 nitrogen and oxygen atoms in total. The van der Waals surface area contributed by atoms with E-state index >= 15 is 0 Å². The SMILES string of the molecule is CN(C#N)c1cccc(OC(F)(F)F)c1. The van der Waals surface area contributed by atoms with E-state index in [2.05, 4.69) is 4.74 Å². The number of hydrogen-bond acceptors (Lipinski definition) is 3. The molecule has 1 aromatic carbocycles. The van der Waals surface area contributed by atoms with E-state index in [-0.39, 0.29) is 5.75 Å². The first-order chi connectivity index (χ1) is 6.92. The number of halogens is 3. The minimum absolute atomic E-state index is 0.333. The van der Waals surface area contributed by atoms with Crippen LogP contribution < -0.4 is 9.64 Å². The summed E-state index contributed by atoms with van der Waals surface area (Å²) in [5, 5.41) is 8.52. The molecule has 0 amide bonds. The molecule has 1 rings (SSSR count). The molecule has 0 atom stereocenters. The van der Waals surface area contributed by atoms with E-state index in [1.165, 1.54) is 25.2 Å². The Morgan fingerprint density at radius 2 is 2.07 bits per heavy atom. The fourth-order valence-electron chi connectivity index (χ4n) is 0.947. The molecular formula is C9H7F3N2O. The van der Waals surface area contributed by atoms with Gasteiger partial charge < -0.3 is 4.74 Å². The number of rotatable bonds is 2. The van der Waals surface area contributed by atoms with Crippen LogP contribution in [0.4, 0.5) is 18.9 Å². The molecular weight excluding hydrogens is 209 g/mol. The number of hydrogen-bond donors (Lipinski definition) is 0. The lowest BCUT2D eigenvalue weighted by Gasteiger charge is -2.12. The van der Waals surface area contributed by atoms with E-state index in [0.29, 0.717) is 5.69 Å². The van der Waals surface area contributed by atoms with E-state index in [9.17, 15) is 13.2 Å². The summed E-state index contributed by atoms with van der Waals surface area (Å²) in [6.45, 7) is 0. The van der Waals surface area contributed by atoms with Crippen molar-refractivity contribution in [3.63, 3.8) is 0 Å². The van der Waals surface area contributed by atoms with Crippen LogP contribution in [0.15, 0.2) is 24.3 Å². The van der Waals surface area contributed by atoms with Crippen LogP contribution in [0, 0.1) is 11.5 Å². The lowest BCUT2D eigenvalue weighted by atomic mass is 10.3. The molecule has 0 unspecified atom stereocenters. The maximum absolute atomic E-state index is 11.9. The molecule has 0 aliphatic carbocycles. The second kappa shape index (κ2) is 4.09. The van der Waals surface area contributed by atoms with Crippen LogP contribution in [-0.4, -0.2) is 13.4 Å². The molecule has 0 heterocycles. The highest BCUT2D eigenvalue weighted by Gasteiger charge is 2.31. The number of ether oxygens (including phenoxy) is 1. The first-order valence-electron chi connectivity index (χ1n) is 3.91. The Hall–Kier alpha value is -1.90. The van der Waals surface area contributed by atoms with Gasteiger partial charge in [-0.15, -0.1) is 13.2 Å². The van der Waals surface area contributed by atoms with Crippen LogP contribution >= 0.6 is 0 Å². The van der Waals surface area contributed by atoms with Gasteiger partial charge in [0.2, 0.25) is 0 Å². The van der Waals surface area contributed by atoms with Crippen molar-refractivity contribution in [2.24, 2.45) is 0 Å². The van der Waals surface area contributed by atoms with Crippen LogP contribution in [-0.2, 0) is 0 Å². The average Bonchev–Trinajstić information content (AvgIpc) is 2.14. The summed E-state index contributed by atoms with van der Waals surface area (Å²) in [4.78, 5) is 1.13. The third kappa shape index (κ3) is 3.38. The van der Waals surface area contributed by atoms with Gasteiger partial charge in [-0.25, -0.2) is 0 Å². The molecule has 0 fully saturated rings. The van der Waals surface area contributed by atoms with Gasteiger partial charge in [-0.2, -0.15) is 5.26 Å². The highest BCUT2D eigenvalue weighted by molar-refractivity contribution is 5.52. The highest BCUT2D eigenvalue weighted by atomic mass is 19.4. The number of anilines is 1. The van der Waals surface area contributed by atoms with Crippen molar-refractivity contribution < 1.29 is 17.9 Å². The fourth-order valence-corrected chi connectivity index (χ4v) is 0.947. The fraction of sp³-hybridized carbons (Fsp3) is 0.222. The second-order valence-electron chi connectivity index (χ2n) is 2.70. The summed E-state index contributed by atoms with van der Waals surface area (Å²) < 4.78 is 39.3. The predicted molar refractivity (Wildman–Crippen MR) is 47.1 cm³/mol. The number of alkyl halides is 3. The smallest absolute Gasteiger partial charge is 0.406 e. The van der Waals surface area contributed by atoms with Gasteiger partial charge in [0.1, 0.15) is 5.75 Å². The summed E-state index contributed by atoms with van der Waals surface area (Å²) in [6.07, 6.45) is -2.95. The minimum atomic E-state index is -4.72. The van der Waals surface area contributed by atoms with E-state index in [1.807, 2.05) is 0 Å². The molecule has 0 N–H and O–H groups in total.